The fraction of sp³-hybridized carbons (Fsp3) is 0.556. The lowest BCUT2D eigenvalue weighted by Crippen LogP contribution is -2.45. The minimum absolute atomic E-state index is 0.0241. The van der Waals surface area contributed by atoms with Crippen LogP contribution in [0.1, 0.15) is 44.1 Å². The molecule has 1 saturated heterocycles. The van der Waals surface area contributed by atoms with Crippen LogP contribution in [-0.2, 0) is 16.1 Å². The molecule has 0 spiro atoms. The van der Waals surface area contributed by atoms with E-state index in [2.05, 4.69) is 5.32 Å². The Morgan fingerprint density at radius 3 is 2.35 bits per heavy atom. The van der Waals surface area contributed by atoms with Crippen molar-refractivity contribution in [1.82, 2.24) is 10.2 Å². The fourth-order valence-corrected chi connectivity index (χ4v) is 3.43. The quantitative estimate of drug-likeness (QED) is 0.860. The van der Waals surface area contributed by atoms with E-state index in [1.165, 1.54) is 12.8 Å². The zero-order valence-corrected chi connectivity index (χ0v) is 14.1. The molecule has 0 bridgehead atoms. The molecule has 1 aromatic rings. The zero-order valence-electron chi connectivity index (χ0n) is 13.3. The van der Waals surface area contributed by atoms with E-state index >= 15 is 0 Å². The van der Waals surface area contributed by atoms with Gasteiger partial charge in [-0.05, 0) is 37.3 Å². The summed E-state index contributed by atoms with van der Waals surface area (Å²) in [5.41, 5.74) is 0.0616. The van der Waals surface area contributed by atoms with Crippen molar-refractivity contribution >= 4 is 23.4 Å². The van der Waals surface area contributed by atoms with Gasteiger partial charge in [0, 0.05) is 24.7 Å². The molecule has 3 rings (SSSR count). The van der Waals surface area contributed by atoms with Gasteiger partial charge in [0.15, 0.2) is 0 Å². The van der Waals surface area contributed by atoms with Crippen LogP contribution in [0.2, 0.25) is 5.02 Å². The van der Waals surface area contributed by atoms with Crippen LogP contribution in [-0.4, -0.2) is 29.8 Å². The van der Waals surface area contributed by atoms with Gasteiger partial charge in [0.05, 0.1) is 0 Å². The van der Waals surface area contributed by atoms with Crippen LogP contribution in [0, 0.1) is 5.41 Å². The van der Waals surface area contributed by atoms with Crippen LogP contribution in [0.4, 0.5) is 0 Å². The molecule has 0 radical (unpaired) electrons. The lowest BCUT2D eigenvalue weighted by molar-refractivity contribution is -0.144. The highest BCUT2D eigenvalue weighted by atomic mass is 35.5. The summed E-state index contributed by atoms with van der Waals surface area (Å²) >= 11 is 6.11. The number of likely N-dealkylation sites (tertiary alicyclic amines) is 1. The number of benzene rings is 1. The maximum Gasteiger partial charge on any atom is 0.238 e. The van der Waals surface area contributed by atoms with Crippen molar-refractivity contribution in [3.8, 4) is 0 Å². The van der Waals surface area contributed by atoms with Gasteiger partial charge in [0.2, 0.25) is 11.8 Å². The number of hydrogen-bond donors (Lipinski definition) is 1. The highest BCUT2D eigenvalue weighted by Gasteiger charge is 2.57. The Hall–Kier alpha value is -1.55. The van der Waals surface area contributed by atoms with Crippen molar-refractivity contribution in [2.75, 3.05) is 13.1 Å². The van der Waals surface area contributed by atoms with Gasteiger partial charge < -0.3 is 10.2 Å². The van der Waals surface area contributed by atoms with E-state index in [0.29, 0.717) is 24.4 Å². The molecule has 1 aromatic carbocycles. The summed E-state index contributed by atoms with van der Waals surface area (Å²) in [5.74, 6) is -0.122. The van der Waals surface area contributed by atoms with Crippen LogP contribution in [0.15, 0.2) is 24.3 Å². The van der Waals surface area contributed by atoms with Gasteiger partial charge in [-0.25, -0.2) is 0 Å². The Morgan fingerprint density at radius 1 is 1.09 bits per heavy atom. The summed E-state index contributed by atoms with van der Waals surface area (Å²) in [7, 11) is 0. The third-order valence-corrected chi connectivity index (χ3v) is 5.25. The predicted molar refractivity (Wildman–Crippen MR) is 90.0 cm³/mol. The van der Waals surface area contributed by atoms with E-state index in [9.17, 15) is 9.59 Å². The van der Waals surface area contributed by atoms with Gasteiger partial charge in [-0.3, -0.25) is 9.59 Å². The van der Waals surface area contributed by atoms with Crippen molar-refractivity contribution in [1.29, 1.82) is 0 Å². The molecule has 1 aliphatic heterocycles. The Kier molecular flexibility index (Phi) is 4.90. The van der Waals surface area contributed by atoms with Crippen LogP contribution in [0.3, 0.4) is 0 Å². The second-order valence-electron chi connectivity index (χ2n) is 6.56. The molecule has 2 amide bonds. The third kappa shape index (κ3) is 3.52. The Bertz CT molecular complexity index is 590. The molecule has 1 heterocycles. The average Bonchev–Trinajstić information content (AvgIpc) is 3.38. The number of amides is 2. The van der Waals surface area contributed by atoms with Crippen LogP contribution >= 0.6 is 11.6 Å². The minimum Gasteiger partial charge on any atom is -0.351 e. The highest BCUT2D eigenvalue weighted by molar-refractivity contribution is 6.31. The molecule has 124 valence electrons. The molecule has 0 aromatic heterocycles. The van der Waals surface area contributed by atoms with Gasteiger partial charge in [-0.1, -0.05) is 42.6 Å². The van der Waals surface area contributed by atoms with E-state index < -0.39 is 5.41 Å². The van der Waals surface area contributed by atoms with Crippen molar-refractivity contribution in [3.05, 3.63) is 34.9 Å². The first-order valence-electron chi connectivity index (χ1n) is 8.44. The van der Waals surface area contributed by atoms with Gasteiger partial charge in [0.1, 0.15) is 5.41 Å². The molecule has 4 nitrogen and oxygen atoms in total. The molecule has 2 fully saturated rings. The second kappa shape index (κ2) is 6.91. The number of carbonyl (C=O) groups excluding carboxylic acids is 2. The summed E-state index contributed by atoms with van der Waals surface area (Å²) in [6, 6.07) is 7.44. The normalized spacial score (nSPS) is 19.8. The minimum atomic E-state index is -0.814. The lowest BCUT2D eigenvalue weighted by Gasteiger charge is -2.25. The fourth-order valence-electron chi connectivity index (χ4n) is 3.23. The van der Waals surface area contributed by atoms with E-state index in [0.717, 1.165) is 31.5 Å². The summed E-state index contributed by atoms with van der Waals surface area (Å²) in [6.07, 6.45) is 5.77. The van der Waals surface area contributed by atoms with Gasteiger partial charge in [-0.15, -0.1) is 0 Å². The molecule has 0 atom stereocenters. The van der Waals surface area contributed by atoms with Crippen molar-refractivity contribution in [2.45, 2.75) is 45.1 Å². The first-order valence-corrected chi connectivity index (χ1v) is 8.82. The van der Waals surface area contributed by atoms with Gasteiger partial charge >= 0.3 is 0 Å². The van der Waals surface area contributed by atoms with E-state index in [4.69, 9.17) is 11.6 Å². The monoisotopic (exact) mass is 334 g/mol. The van der Waals surface area contributed by atoms with Crippen LogP contribution in [0.5, 0.6) is 0 Å². The standard InChI is InChI=1S/C18H23ClN2O2/c19-15-8-4-3-7-14(15)13-20-16(22)18(9-10-18)17(23)21-11-5-1-2-6-12-21/h3-4,7-8H,1-2,5-6,9-13H2,(H,20,22). The number of hydrogen-bond acceptors (Lipinski definition) is 2. The number of carbonyl (C=O) groups is 2. The van der Waals surface area contributed by atoms with Crippen molar-refractivity contribution in [3.63, 3.8) is 0 Å². The van der Waals surface area contributed by atoms with Crippen LogP contribution in [0.25, 0.3) is 0 Å². The van der Waals surface area contributed by atoms with Crippen LogP contribution < -0.4 is 5.32 Å². The first kappa shape index (κ1) is 16.3. The molecule has 0 unspecified atom stereocenters. The van der Waals surface area contributed by atoms with Gasteiger partial charge in [0.25, 0.3) is 0 Å². The number of nitrogens with zero attached hydrogens (tertiary/aromatic N) is 1. The van der Waals surface area contributed by atoms with Gasteiger partial charge in [-0.2, -0.15) is 0 Å². The maximum atomic E-state index is 12.8. The molecule has 1 aliphatic carbocycles. The largest absolute Gasteiger partial charge is 0.351 e. The molecular weight excluding hydrogens is 312 g/mol. The lowest BCUT2D eigenvalue weighted by atomic mass is 10.0. The summed E-state index contributed by atoms with van der Waals surface area (Å²) in [5, 5.41) is 3.54. The SMILES string of the molecule is O=C(NCc1ccccc1Cl)C1(C(=O)N2CCCCCC2)CC1. The topological polar surface area (TPSA) is 49.4 Å². The maximum absolute atomic E-state index is 12.8. The smallest absolute Gasteiger partial charge is 0.238 e. The zero-order chi connectivity index (χ0) is 16.3. The number of rotatable bonds is 4. The summed E-state index contributed by atoms with van der Waals surface area (Å²) in [6.45, 7) is 1.95. The van der Waals surface area contributed by atoms with Crippen molar-refractivity contribution in [2.24, 2.45) is 5.41 Å². The Morgan fingerprint density at radius 2 is 1.74 bits per heavy atom. The summed E-state index contributed by atoms with van der Waals surface area (Å²) < 4.78 is 0. The number of halogens is 1. The molecular formula is C18H23ClN2O2. The highest BCUT2D eigenvalue weighted by Crippen LogP contribution is 2.47. The molecule has 23 heavy (non-hydrogen) atoms. The predicted octanol–water partition coefficient (Wildman–Crippen LogP) is 3.14. The van der Waals surface area contributed by atoms with E-state index in [-0.39, 0.29) is 11.8 Å². The van der Waals surface area contributed by atoms with Crippen molar-refractivity contribution < 1.29 is 9.59 Å². The molecule has 1 saturated carbocycles. The summed E-state index contributed by atoms with van der Waals surface area (Å²) in [4.78, 5) is 27.3. The molecule has 5 heteroatoms. The van der Waals surface area contributed by atoms with E-state index in [1.807, 2.05) is 23.1 Å². The van der Waals surface area contributed by atoms with E-state index in [1.54, 1.807) is 6.07 Å². The second-order valence-corrected chi connectivity index (χ2v) is 6.97. The Balaban J connectivity index is 1.62. The third-order valence-electron chi connectivity index (χ3n) is 4.88. The molecule has 2 aliphatic rings. The average molecular weight is 335 g/mol. The number of nitrogens with one attached hydrogen (secondary N) is 1. The molecule has 1 N–H and O–H groups in total. The first-order chi connectivity index (χ1) is 11.1. The Labute approximate surface area is 142 Å².